The molecule has 3 aromatic rings. The zero-order valence-electron chi connectivity index (χ0n) is 23.3. The summed E-state index contributed by atoms with van der Waals surface area (Å²) in [6.45, 7) is 6.34. The maximum Gasteiger partial charge on any atom is 0.264 e. The highest BCUT2D eigenvalue weighted by Gasteiger charge is 2.34. The number of anilines is 1. The van der Waals surface area contributed by atoms with Crippen molar-refractivity contribution in [3.05, 3.63) is 86.9 Å². The van der Waals surface area contributed by atoms with Crippen molar-refractivity contribution >= 4 is 62.3 Å². The Labute approximate surface area is 256 Å². The third-order valence-electron chi connectivity index (χ3n) is 6.23. The van der Waals surface area contributed by atoms with Gasteiger partial charge in [-0.2, -0.15) is 0 Å². The smallest absolute Gasteiger partial charge is 0.264 e. The van der Waals surface area contributed by atoms with E-state index in [2.05, 4.69) is 5.32 Å². The van der Waals surface area contributed by atoms with Gasteiger partial charge in [0, 0.05) is 17.6 Å². The van der Waals surface area contributed by atoms with Gasteiger partial charge in [-0.15, -0.1) is 0 Å². The number of nitrogens with zero attached hydrogens (tertiary/aromatic N) is 2. The van der Waals surface area contributed by atoms with Gasteiger partial charge in [-0.1, -0.05) is 58.6 Å². The van der Waals surface area contributed by atoms with E-state index in [-0.39, 0.29) is 39.0 Å². The third kappa shape index (κ3) is 8.07. The van der Waals surface area contributed by atoms with E-state index in [4.69, 9.17) is 39.5 Å². The Kier molecular flexibility index (Phi) is 10.9. The number of rotatable bonds is 11. The Hall–Kier alpha value is -2.98. The van der Waals surface area contributed by atoms with Gasteiger partial charge in [-0.25, -0.2) is 8.42 Å². The first kappa shape index (κ1) is 32.5. The van der Waals surface area contributed by atoms with Gasteiger partial charge in [-0.3, -0.25) is 13.9 Å². The average molecular weight is 641 g/mol. The van der Waals surface area contributed by atoms with Crippen molar-refractivity contribution < 1.29 is 22.7 Å². The van der Waals surface area contributed by atoms with E-state index in [9.17, 15) is 18.0 Å². The van der Waals surface area contributed by atoms with Crippen molar-refractivity contribution in [1.82, 2.24) is 10.2 Å². The molecule has 0 spiro atoms. The van der Waals surface area contributed by atoms with Gasteiger partial charge in [0.25, 0.3) is 10.0 Å². The van der Waals surface area contributed by atoms with E-state index in [0.29, 0.717) is 10.6 Å². The summed E-state index contributed by atoms with van der Waals surface area (Å²) in [6, 6.07) is 14.5. The molecular formula is C29H32Cl3N3O5S. The fourth-order valence-electron chi connectivity index (χ4n) is 4.03. The van der Waals surface area contributed by atoms with E-state index in [0.717, 1.165) is 9.87 Å². The van der Waals surface area contributed by atoms with Crippen LogP contribution in [0.5, 0.6) is 5.75 Å². The number of benzene rings is 3. The molecule has 0 aliphatic rings. The van der Waals surface area contributed by atoms with Crippen LogP contribution in [0.3, 0.4) is 0 Å². The first-order valence-electron chi connectivity index (χ1n) is 12.7. The lowest BCUT2D eigenvalue weighted by atomic mass is 10.1. The van der Waals surface area contributed by atoms with Crippen LogP contribution in [-0.2, 0) is 26.2 Å². The normalized spacial score (nSPS) is 12.1. The molecule has 0 saturated heterocycles. The number of aryl methyl sites for hydroxylation is 1. The van der Waals surface area contributed by atoms with Crippen molar-refractivity contribution in [2.75, 3.05) is 18.0 Å². The number of nitrogens with one attached hydrogen (secondary N) is 1. The molecule has 3 aromatic carbocycles. The van der Waals surface area contributed by atoms with Gasteiger partial charge >= 0.3 is 0 Å². The molecule has 3 rings (SSSR count). The number of halogens is 3. The van der Waals surface area contributed by atoms with Crippen molar-refractivity contribution in [1.29, 1.82) is 0 Å². The predicted molar refractivity (Wildman–Crippen MR) is 163 cm³/mol. The molecule has 0 aliphatic carbocycles. The Bertz CT molecular complexity index is 1510. The van der Waals surface area contributed by atoms with Gasteiger partial charge < -0.3 is 15.0 Å². The molecule has 0 aliphatic heterocycles. The summed E-state index contributed by atoms with van der Waals surface area (Å²) in [4.78, 5) is 28.3. The molecule has 0 bridgehead atoms. The summed E-state index contributed by atoms with van der Waals surface area (Å²) in [6.07, 6.45) is 0. The number of hydrogen-bond donors (Lipinski definition) is 1. The second-order valence-electron chi connectivity index (χ2n) is 9.75. The number of methoxy groups -OCH3 is 1. The minimum absolute atomic E-state index is 0.0282. The van der Waals surface area contributed by atoms with Gasteiger partial charge in [0.15, 0.2) is 0 Å². The third-order valence-corrected chi connectivity index (χ3v) is 8.98. The highest BCUT2D eigenvalue weighted by molar-refractivity contribution is 7.92. The first-order chi connectivity index (χ1) is 19.2. The average Bonchev–Trinajstić information content (AvgIpc) is 2.91. The second kappa shape index (κ2) is 13.8. The maximum atomic E-state index is 14.0. The number of carbonyl (C=O) groups is 2. The minimum atomic E-state index is -4.29. The lowest BCUT2D eigenvalue weighted by Crippen LogP contribution is -2.52. The van der Waals surface area contributed by atoms with Gasteiger partial charge in [0.2, 0.25) is 11.8 Å². The van der Waals surface area contributed by atoms with E-state index in [1.807, 2.05) is 6.92 Å². The van der Waals surface area contributed by atoms with Crippen LogP contribution in [0, 0.1) is 6.92 Å². The molecule has 0 aromatic heterocycles. The standard InChI is InChI=1S/C29H32Cl3N3O5S/c1-18(2)33-29(37)20(4)34(16-21-8-12-24(31)25(32)14-21)28(36)17-35(26-15-22(30)9-13-27(26)40-5)41(38,39)23-10-6-19(3)7-11-23/h6-15,18,20H,16-17H2,1-5H3,(H,33,37)/t20-/m0/s1. The molecule has 0 fully saturated rings. The number of amides is 2. The van der Waals surface area contributed by atoms with Crippen LogP contribution < -0.4 is 14.4 Å². The summed E-state index contributed by atoms with van der Waals surface area (Å²) < 4.78 is 34.4. The summed E-state index contributed by atoms with van der Waals surface area (Å²) in [5.74, 6) is -0.846. The zero-order valence-corrected chi connectivity index (χ0v) is 26.4. The highest BCUT2D eigenvalue weighted by atomic mass is 35.5. The topological polar surface area (TPSA) is 96.0 Å². The molecular weight excluding hydrogens is 609 g/mol. The van der Waals surface area contributed by atoms with E-state index < -0.39 is 34.4 Å². The van der Waals surface area contributed by atoms with Crippen LogP contribution in [-0.4, -0.2) is 50.9 Å². The molecule has 0 heterocycles. The van der Waals surface area contributed by atoms with Crippen LogP contribution in [0.25, 0.3) is 0 Å². The molecule has 1 N–H and O–H groups in total. The molecule has 41 heavy (non-hydrogen) atoms. The quantitative estimate of drug-likeness (QED) is 0.273. The van der Waals surface area contributed by atoms with E-state index in [1.54, 1.807) is 57.2 Å². The minimum Gasteiger partial charge on any atom is -0.495 e. The second-order valence-corrected chi connectivity index (χ2v) is 12.9. The SMILES string of the molecule is COc1ccc(Cl)cc1N(CC(=O)N(Cc1ccc(Cl)c(Cl)c1)[C@@H](C)C(=O)NC(C)C)S(=O)(=O)c1ccc(C)cc1. The molecule has 8 nitrogen and oxygen atoms in total. The molecule has 2 amide bonds. The van der Waals surface area contributed by atoms with Gasteiger partial charge in [-0.05, 0) is 75.7 Å². The van der Waals surface area contributed by atoms with Crippen LogP contribution in [0.2, 0.25) is 15.1 Å². The number of sulfonamides is 1. The van der Waals surface area contributed by atoms with Crippen molar-refractivity contribution in [3.8, 4) is 5.75 Å². The Morgan fingerprint density at radius 3 is 2.17 bits per heavy atom. The highest BCUT2D eigenvalue weighted by Crippen LogP contribution is 2.35. The number of carbonyl (C=O) groups excluding carboxylic acids is 2. The molecule has 0 unspecified atom stereocenters. The summed E-state index contributed by atoms with van der Waals surface area (Å²) in [7, 11) is -2.90. The molecule has 0 radical (unpaired) electrons. The summed E-state index contributed by atoms with van der Waals surface area (Å²) in [5, 5.41) is 3.67. The fourth-order valence-corrected chi connectivity index (χ4v) is 5.93. The monoisotopic (exact) mass is 639 g/mol. The van der Waals surface area contributed by atoms with Gasteiger partial charge in [0.1, 0.15) is 18.3 Å². The largest absolute Gasteiger partial charge is 0.495 e. The first-order valence-corrected chi connectivity index (χ1v) is 15.3. The number of hydrogen-bond acceptors (Lipinski definition) is 5. The lowest BCUT2D eigenvalue weighted by Gasteiger charge is -2.32. The molecule has 12 heteroatoms. The molecule has 0 saturated carbocycles. The molecule has 220 valence electrons. The molecule has 1 atom stereocenters. The van der Waals surface area contributed by atoms with Gasteiger partial charge in [0.05, 0.1) is 27.7 Å². The Balaban J connectivity index is 2.11. The Morgan fingerprint density at radius 1 is 0.927 bits per heavy atom. The van der Waals surface area contributed by atoms with Crippen molar-refractivity contribution in [3.63, 3.8) is 0 Å². The van der Waals surface area contributed by atoms with Crippen LogP contribution in [0.1, 0.15) is 31.9 Å². The number of ether oxygens (including phenoxy) is 1. The van der Waals surface area contributed by atoms with Crippen LogP contribution in [0.15, 0.2) is 65.6 Å². The van der Waals surface area contributed by atoms with Crippen molar-refractivity contribution in [2.45, 2.75) is 51.2 Å². The predicted octanol–water partition coefficient (Wildman–Crippen LogP) is 6.10. The Morgan fingerprint density at radius 2 is 1.59 bits per heavy atom. The lowest BCUT2D eigenvalue weighted by molar-refractivity contribution is -0.139. The van der Waals surface area contributed by atoms with Crippen LogP contribution >= 0.6 is 34.8 Å². The maximum absolute atomic E-state index is 14.0. The van der Waals surface area contributed by atoms with E-state index in [1.165, 1.54) is 36.3 Å². The van der Waals surface area contributed by atoms with Crippen molar-refractivity contribution in [2.24, 2.45) is 0 Å². The van der Waals surface area contributed by atoms with Crippen LogP contribution in [0.4, 0.5) is 5.69 Å². The fraction of sp³-hybridized carbons (Fsp3) is 0.310. The van der Waals surface area contributed by atoms with E-state index >= 15 is 0 Å². The zero-order chi connectivity index (χ0) is 30.5. The summed E-state index contributed by atoms with van der Waals surface area (Å²) >= 11 is 18.5. The summed E-state index contributed by atoms with van der Waals surface area (Å²) in [5.41, 5.74) is 1.54.